The molecule has 0 fully saturated rings. The van der Waals surface area contributed by atoms with E-state index >= 15 is 0 Å². The fraction of sp³-hybridized carbons (Fsp3) is 0.533. The molecule has 1 aromatic carbocycles. The fourth-order valence-electron chi connectivity index (χ4n) is 2.27. The van der Waals surface area contributed by atoms with E-state index in [1.54, 1.807) is 4.90 Å². The molecule has 0 aliphatic carbocycles. The Balaban J connectivity index is 2.18. The number of hydrogen-bond donors (Lipinski definition) is 1. The predicted octanol–water partition coefficient (Wildman–Crippen LogP) is 2.83. The number of anilines is 1. The SMILES string of the molecule is CSC(C)(C)CNC1CC(=O)N(C)c2ccccc21. The summed E-state index contributed by atoms with van der Waals surface area (Å²) < 4.78 is 0.182. The van der Waals surface area contributed by atoms with Crippen LogP contribution in [0.4, 0.5) is 5.69 Å². The van der Waals surface area contributed by atoms with E-state index in [9.17, 15) is 4.79 Å². The second kappa shape index (κ2) is 5.55. The molecule has 1 heterocycles. The molecule has 0 bridgehead atoms. The smallest absolute Gasteiger partial charge is 0.228 e. The molecule has 1 amide bonds. The van der Waals surface area contributed by atoms with Crippen molar-refractivity contribution in [2.45, 2.75) is 31.1 Å². The number of para-hydroxylation sites is 1. The Bertz CT molecular complexity index is 473. The van der Waals surface area contributed by atoms with Crippen LogP contribution >= 0.6 is 11.8 Å². The molecule has 1 aliphatic rings. The van der Waals surface area contributed by atoms with Gasteiger partial charge in [0.2, 0.25) is 5.91 Å². The lowest BCUT2D eigenvalue weighted by Gasteiger charge is -2.34. The average molecular weight is 278 g/mol. The summed E-state index contributed by atoms with van der Waals surface area (Å²) in [6.45, 7) is 5.32. The molecule has 1 N–H and O–H groups in total. The highest BCUT2D eigenvalue weighted by Crippen LogP contribution is 2.34. The van der Waals surface area contributed by atoms with Gasteiger partial charge in [0.05, 0.1) is 0 Å². The topological polar surface area (TPSA) is 32.3 Å². The van der Waals surface area contributed by atoms with Crippen LogP contribution in [0.2, 0.25) is 0 Å². The second-order valence-electron chi connectivity index (χ2n) is 5.61. The number of nitrogens with one attached hydrogen (secondary N) is 1. The lowest BCUT2D eigenvalue weighted by Crippen LogP contribution is -2.41. The number of carbonyl (C=O) groups excluding carboxylic acids is 1. The Morgan fingerprint density at radius 3 is 2.79 bits per heavy atom. The summed E-state index contributed by atoms with van der Waals surface area (Å²) in [6.07, 6.45) is 2.66. The molecule has 1 aromatic rings. The van der Waals surface area contributed by atoms with Crippen molar-refractivity contribution >= 4 is 23.4 Å². The molecule has 0 radical (unpaired) electrons. The van der Waals surface area contributed by atoms with Crippen LogP contribution in [0.1, 0.15) is 31.9 Å². The molecular formula is C15H22N2OS. The van der Waals surface area contributed by atoms with Gasteiger partial charge >= 0.3 is 0 Å². The summed E-state index contributed by atoms with van der Waals surface area (Å²) in [5.41, 5.74) is 2.25. The first kappa shape index (κ1) is 14.4. The molecule has 104 valence electrons. The number of nitrogens with zero attached hydrogens (tertiary/aromatic N) is 1. The number of thioether (sulfide) groups is 1. The van der Waals surface area contributed by atoms with Gasteiger partial charge in [0, 0.05) is 36.5 Å². The maximum atomic E-state index is 12.0. The van der Waals surface area contributed by atoms with Crippen LogP contribution in [0.3, 0.4) is 0 Å². The Kier molecular flexibility index (Phi) is 4.21. The molecular weight excluding hydrogens is 256 g/mol. The van der Waals surface area contributed by atoms with E-state index in [1.165, 1.54) is 5.56 Å². The minimum Gasteiger partial charge on any atom is -0.315 e. The quantitative estimate of drug-likeness (QED) is 0.919. The van der Waals surface area contributed by atoms with E-state index in [2.05, 4.69) is 31.5 Å². The van der Waals surface area contributed by atoms with E-state index in [-0.39, 0.29) is 16.7 Å². The number of benzene rings is 1. The molecule has 0 aromatic heterocycles. The van der Waals surface area contributed by atoms with Gasteiger partial charge in [-0.3, -0.25) is 4.79 Å². The summed E-state index contributed by atoms with van der Waals surface area (Å²) in [7, 11) is 1.85. The van der Waals surface area contributed by atoms with Crippen molar-refractivity contribution < 1.29 is 4.79 Å². The highest BCUT2D eigenvalue weighted by Gasteiger charge is 2.29. The van der Waals surface area contributed by atoms with Gasteiger partial charge in [0.15, 0.2) is 0 Å². The van der Waals surface area contributed by atoms with Gasteiger partial charge in [0.25, 0.3) is 0 Å². The van der Waals surface area contributed by atoms with Crippen molar-refractivity contribution in [2.75, 3.05) is 24.7 Å². The summed E-state index contributed by atoms with van der Waals surface area (Å²) in [5, 5.41) is 3.55. The van der Waals surface area contributed by atoms with Gasteiger partial charge in [-0.25, -0.2) is 0 Å². The molecule has 0 saturated carbocycles. The fourth-order valence-corrected chi connectivity index (χ4v) is 2.49. The first-order chi connectivity index (χ1) is 8.94. The predicted molar refractivity (Wildman–Crippen MR) is 82.8 cm³/mol. The largest absolute Gasteiger partial charge is 0.315 e. The van der Waals surface area contributed by atoms with Crippen LogP contribution in [-0.2, 0) is 4.79 Å². The zero-order valence-corrected chi connectivity index (χ0v) is 12.9. The summed E-state index contributed by atoms with van der Waals surface area (Å²) in [5.74, 6) is 0.179. The average Bonchev–Trinajstić information content (AvgIpc) is 2.41. The highest BCUT2D eigenvalue weighted by molar-refractivity contribution is 7.99. The Morgan fingerprint density at radius 2 is 2.11 bits per heavy atom. The third-order valence-electron chi connectivity index (χ3n) is 3.75. The van der Waals surface area contributed by atoms with Crippen molar-refractivity contribution in [1.82, 2.24) is 5.32 Å². The van der Waals surface area contributed by atoms with Gasteiger partial charge in [-0.1, -0.05) is 18.2 Å². The van der Waals surface area contributed by atoms with E-state index in [4.69, 9.17) is 0 Å². The Labute approximate surface area is 119 Å². The van der Waals surface area contributed by atoms with Gasteiger partial charge in [-0.15, -0.1) is 0 Å². The van der Waals surface area contributed by atoms with Crippen LogP contribution in [0.25, 0.3) is 0 Å². The third-order valence-corrected chi connectivity index (χ3v) is 5.00. The van der Waals surface area contributed by atoms with E-state index in [0.29, 0.717) is 6.42 Å². The van der Waals surface area contributed by atoms with Crippen molar-refractivity contribution in [1.29, 1.82) is 0 Å². The highest BCUT2D eigenvalue weighted by atomic mass is 32.2. The lowest BCUT2D eigenvalue weighted by molar-refractivity contribution is -0.119. The number of hydrogen-bond acceptors (Lipinski definition) is 3. The molecule has 3 nitrogen and oxygen atoms in total. The van der Waals surface area contributed by atoms with E-state index in [0.717, 1.165) is 12.2 Å². The zero-order chi connectivity index (χ0) is 14.0. The molecule has 4 heteroatoms. The minimum atomic E-state index is 0.131. The van der Waals surface area contributed by atoms with Gasteiger partial charge in [-0.2, -0.15) is 11.8 Å². The Hall–Kier alpha value is -1.00. The molecule has 1 atom stereocenters. The van der Waals surface area contributed by atoms with Crippen molar-refractivity contribution in [3.05, 3.63) is 29.8 Å². The minimum absolute atomic E-state index is 0.131. The van der Waals surface area contributed by atoms with Crippen molar-refractivity contribution in [3.63, 3.8) is 0 Å². The van der Waals surface area contributed by atoms with Gasteiger partial charge < -0.3 is 10.2 Å². The third kappa shape index (κ3) is 3.12. The molecule has 19 heavy (non-hydrogen) atoms. The maximum Gasteiger partial charge on any atom is 0.228 e. The van der Waals surface area contributed by atoms with E-state index in [1.807, 2.05) is 37.0 Å². The molecule has 2 rings (SSSR count). The maximum absolute atomic E-state index is 12.0. The van der Waals surface area contributed by atoms with Crippen LogP contribution in [-0.4, -0.2) is 30.5 Å². The normalized spacial score (nSPS) is 19.5. The van der Waals surface area contributed by atoms with Crippen molar-refractivity contribution in [3.8, 4) is 0 Å². The molecule has 1 aliphatic heterocycles. The standard InChI is InChI=1S/C15H22N2OS/c1-15(2,19-4)10-16-12-9-14(18)17(3)13-8-6-5-7-11(12)13/h5-8,12,16H,9-10H2,1-4H3. The Morgan fingerprint density at radius 1 is 1.42 bits per heavy atom. The molecule has 0 spiro atoms. The van der Waals surface area contributed by atoms with Crippen molar-refractivity contribution in [2.24, 2.45) is 0 Å². The number of rotatable bonds is 4. The van der Waals surface area contributed by atoms with Crippen LogP contribution in [0.5, 0.6) is 0 Å². The van der Waals surface area contributed by atoms with Crippen LogP contribution in [0, 0.1) is 0 Å². The molecule has 0 saturated heterocycles. The second-order valence-corrected chi connectivity index (χ2v) is 7.13. The monoisotopic (exact) mass is 278 g/mol. The van der Waals surface area contributed by atoms with Gasteiger partial charge in [0.1, 0.15) is 0 Å². The zero-order valence-electron chi connectivity index (χ0n) is 12.1. The van der Waals surface area contributed by atoms with Crippen LogP contribution in [0.15, 0.2) is 24.3 Å². The lowest BCUT2D eigenvalue weighted by atomic mass is 9.95. The van der Waals surface area contributed by atoms with Crippen LogP contribution < -0.4 is 10.2 Å². The number of fused-ring (bicyclic) bond motifs is 1. The van der Waals surface area contributed by atoms with Gasteiger partial charge in [-0.05, 0) is 31.7 Å². The number of carbonyl (C=O) groups is 1. The summed E-state index contributed by atoms with van der Waals surface area (Å²) >= 11 is 1.84. The first-order valence-electron chi connectivity index (χ1n) is 6.58. The first-order valence-corrected chi connectivity index (χ1v) is 7.81. The molecule has 1 unspecified atom stereocenters. The van der Waals surface area contributed by atoms with E-state index < -0.39 is 0 Å². The number of amides is 1. The summed E-state index contributed by atoms with van der Waals surface area (Å²) in [4.78, 5) is 13.8. The summed E-state index contributed by atoms with van der Waals surface area (Å²) in [6, 6.07) is 8.28.